The number of hydrogen-bond donors (Lipinski definition) is 1. The molecule has 1 N–H and O–H groups in total. The zero-order valence-corrected chi connectivity index (χ0v) is 16.0. The summed E-state index contributed by atoms with van der Waals surface area (Å²) >= 11 is 5.83. The van der Waals surface area contributed by atoms with E-state index in [-0.39, 0.29) is 29.5 Å². The molecule has 0 atom stereocenters. The predicted molar refractivity (Wildman–Crippen MR) is 99.9 cm³/mol. The Balaban J connectivity index is 1.93. The van der Waals surface area contributed by atoms with Gasteiger partial charge in [-0.25, -0.2) is 0 Å². The first kappa shape index (κ1) is 21.4. The van der Waals surface area contributed by atoms with Crippen molar-refractivity contribution in [1.82, 2.24) is 10.2 Å². The minimum atomic E-state index is -3.01. The number of nitrogens with one attached hydrogen (secondary N) is 1. The van der Waals surface area contributed by atoms with Crippen LogP contribution in [0.1, 0.15) is 15.9 Å². The standard InChI is InChI=1S/C19H19ClF2N2O4/c1-24(11-12-3-6-14(20)7-4-12)17(25)10-23-18(26)13-5-8-15(28-19(21)22)16(9-13)27-2/h3-9,19H,10-11H2,1-2H3,(H,23,26). The largest absolute Gasteiger partial charge is 0.493 e. The highest BCUT2D eigenvalue weighted by Crippen LogP contribution is 2.29. The molecule has 28 heavy (non-hydrogen) atoms. The average molecular weight is 413 g/mol. The van der Waals surface area contributed by atoms with E-state index in [9.17, 15) is 18.4 Å². The van der Waals surface area contributed by atoms with Crippen LogP contribution in [-0.2, 0) is 11.3 Å². The zero-order chi connectivity index (χ0) is 20.7. The number of halogens is 3. The number of amides is 2. The minimum Gasteiger partial charge on any atom is -0.493 e. The van der Waals surface area contributed by atoms with E-state index < -0.39 is 12.5 Å². The molecule has 2 aromatic carbocycles. The maximum absolute atomic E-state index is 12.4. The molecule has 2 amide bonds. The van der Waals surface area contributed by atoms with Gasteiger partial charge in [-0.3, -0.25) is 9.59 Å². The van der Waals surface area contributed by atoms with E-state index in [0.29, 0.717) is 11.6 Å². The molecule has 0 fully saturated rings. The second-order valence-corrected chi connectivity index (χ2v) is 6.24. The molecule has 0 saturated carbocycles. The summed E-state index contributed by atoms with van der Waals surface area (Å²) in [5, 5.41) is 3.09. The maximum Gasteiger partial charge on any atom is 0.387 e. The molecule has 9 heteroatoms. The number of carbonyl (C=O) groups excluding carboxylic acids is 2. The first-order chi connectivity index (χ1) is 13.3. The lowest BCUT2D eigenvalue weighted by atomic mass is 10.2. The molecule has 0 aliphatic carbocycles. The van der Waals surface area contributed by atoms with Crippen LogP contribution in [0.25, 0.3) is 0 Å². The molecule has 0 saturated heterocycles. The molecule has 150 valence electrons. The predicted octanol–water partition coefficient (Wildman–Crippen LogP) is 3.34. The Hall–Kier alpha value is -2.87. The fraction of sp³-hybridized carbons (Fsp3) is 0.263. The van der Waals surface area contributed by atoms with Crippen molar-refractivity contribution < 1.29 is 27.8 Å². The third kappa shape index (κ3) is 6.09. The normalized spacial score (nSPS) is 10.5. The topological polar surface area (TPSA) is 67.9 Å². The molecular formula is C19H19ClF2N2O4. The molecule has 0 bridgehead atoms. The Morgan fingerprint density at radius 2 is 1.82 bits per heavy atom. The second-order valence-electron chi connectivity index (χ2n) is 5.80. The van der Waals surface area contributed by atoms with Crippen LogP contribution in [0.5, 0.6) is 11.5 Å². The fourth-order valence-corrected chi connectivity index (χ4v) is 2.47. The van der Waals surface area contributed by atoms with E-state index in [1.54, 1.807) is 31.3 Å². The zero-order valence-electron chi connectivity index (χ0n) is 15.2. The molecule has 2 rings (SSSR count). The van der Waals surface area contributed by atoms with Gasteiger partial charge in [0.25, 0.3) is 5.91 Å². The number of nitrogens with zero attached hydrogens (tertiary/aromatic N) is 1. The van der Waals surface area contributed by atoms with E-state index in [4.69, 9.17) is 16.3 Å². The number of rotatable bonds is 8. The van der Waals surface area contributed by atoms with Gasteiger partial charge in [0.1, 0.15) is 0 Å². The molecule has 6 nitrogen and oxygen atoms in total. The van der Waals surface area contributed by atoms with E-state index in [1.165, 1.54) is 30.2 Å². The maximum atomic E-state index is 12.4. The number of likely N-dealkylation sites (N-methyl/N-ethyl adjacent to an activating group) is 1. The van der Waals surface area contributed by atoms with Crippen LogP contribution in [0, 0.1) is 0 Å². The molecule has 0 spiro atoms. The molecule has 0 radical (unpaired) electrons. The second kappa shape index (κ2) is 9.89. The molecule has 0 aromatic heterocycles. The van der Waals surface area contributed by atoms with Crippen molar-refractivity contribution in [2.75, 3.05) is 20.7 Å². The third-order valence-corrected chi connectivity index (χ3v) is 4.05. The highest BCUT2D eigenvalue weighted by molar-refractivity contribution is 6.30. The Labute approximate surface area is 166 Å². The molecule has 0 unspecified atom stereocenters. The number of methoxy groups -OCH3 is 1. The molecule has 2 aromatic rings. The summed E-state index contributed by atoms with van der Waals surface area (Å²) < 4.78 is 34.0. The van der Waals surface area contributed by atoms with Gasteiger partial charge in [-0.1, -0.05) is 23.7 Å². The Kier molecular flexibility index (Phi) is 7.57. The summed E-state index contributed by atoms with van der Waals surface area (Å²) in [4.78, 5) is 25.9. The van der Waals surface area contributed by atoms with Gasteiger partial charge in [0.05, 0.1) is 13.7 Å². The van der Waals surface area contributed by atoms with Gasteiger partial charge in [-0.05, 0) is 35.9 Å². The van der Waals surface area contributed by atoms with Crippen LogP contribution in [0.2, 0.25) is 5.02 Å². The van der Waals surface area contributed by atoms with Crippen LogP contribution in [0.3, 0.4) is 0 Å². The van der Waals surface area contributed by atoms with E-state index in [1.807, 2.05) is 0 Å². The van der Waals surface area contributed by atoms with Gasteiger partial charge in [0, 0.05) is 24.2 Å². The Bertz CT molecular complexity index is 831. The average Bonchev–Trinajstić information content (AvgIpc) is 2.67. The van der Waals surface area contributed by atoms with Gasteiger partial charge < -0.3 is 19.7 Å². The van der Waals surface area contributed by atoms with Crippen molar-refractivity contribution in [3.8, 4) is 11.5 Å². The van der Waals surface area contributed by atoms with Gasteiger partial charge in [0.15, 0.2) is 11.5 Å². The summed E-state index contributed by atoms with van der Waals surface area (Å²) in [6, 6.07) is 10.8. The number of hydrogen-bond acceptors (Lipinski definition) is 4. The highest BCUT2D eigenvalue weighted by Gasteiger charge is 2.16. The molecular weight excluding hydrogens is 394 g/mol. The molecule has 0 heterocycles. The van der Waals surface area contributed by atoms with Crippen molar-refractivity contribution in [2.45, 2.75) is 13.2 Å². The lowest BCUT2D eigenvalue weighted by Gasteiger charge is -2.18. The minimum absolute atomic E-state index is 0.0147. The third-order valence-electron chi connectivity index (χ3n) is 3.80. The van der Waals surface area contributed by atoms with Crippen LogP contribution in [-0.4, -0.2) is 44.0 Å². The van der Waals surface area contributed by atoms with E-state index >= 15 is 0 Å². The van der Waals surface area contributed by atoms with Crippen LogP contribution < -0.4 is 14.8 Å². The van der Waals surface area contributed by atoms with Gasteiger partial charge in [-0.15, -0.1) is 0 Å². The smallest absolute Gasteiger partial charge is 0.387 e. The fourth-order valence-electron chi connectivity index (χ4n) is 2.35. The Morgan fingerprint density at radius 3 is 2.43 bits per heavy atom. The quantitative estimate of drug-likeness (QED) is 0.722. The van der Waals surface area contributed by atoms with Gasteiger partial charge in [-0.2, -0.15) is 8.78 Å². The first-order valence-corrected chi connectivity index (χ1v) is 8.57. The van der Waals surface area contributed by atoms with Crippen molar-refractivity contribution in [3.63, 3.8) is 0 Å². The lowest BCUT2D eigenvalue weighted by molar-refractivity contribution is -0.129. The summed E-state index contributed by atoms with van der Waals surface area (Å²) in [6.07, 6.45) is 0. The monoisotopic (exact) mass is 412 g/mol. The Morgan fingerprint density at radius 1 is 1.14 bits per heavy atom. The van der Waals surface area contributed by atoms with E-state index in [2.05, 4.69) is 10.1 Å². The van der Waals surface area contributed by atoms with Crippen molar-refractivity contribution in [2.24, 2.45) is 0 Å². The van der Waals surface area contributed by atoms with Gasteiger partial charge in [0.2, 0.25) is 5.91 Å². The van der Waals surface area contributed by atoms with Crippen LogP contribution in [0.15, 0.2) is 42.5 Å². The highest BCUT2D eigenvalue weighted by atomic mass is 35.5. The van der Waals surface area contributed by atoms with Crippen molar-refractivity contribution >= 4 is 23.4 Å². The number of ether oxygens (including phenoxy) is 2. The number of alkyl halides is 2. The van der Waals surface area contributed by atoms with Crippen molar-refractivity contribution in [3.05, 3.63) is 58.6 Å². The summed E-state index contributed by atoms with van der Waals surface area (Å²) in [7, 11) is 2.88. The first-order valence-electron chi connectivity index (χ1n) is 8.19. The summed E-state index contributed by atoms with van der Waals surface area (Å²) in [6.45, 7) is -2.87. The number of benzene rings is 2. The lowest BCUT2D eigenvalue weighted by Crippen LogP contribution is -2.37. The van der Waals surface area contributed by atoms with E-state index in [0.717, 1.165) is 5.56 Å². The van der Waals surface area contributed by atoms with Crippen LogP contribution in [0.4, 0.5) is 8.78 Å². The van der Waals surface area contributed by atoms with Crippen LogP contribution >= 0.6 is 11.6 Å². The number of carbonyl (C=O) groups is 2. The summed E-state index contributed by atoms with van der Waals surface area (Å²) in [5.74, 6) is -1.05. The molecule has 0 aliphatic heterocycles. The van der Waals surface area contributed by atoms with Gasteiger partial charge >= 0.3 is 6.61 Å². The van der Waals surface area contributed by atoms with Crippen molar-refractivity contribution in [1.29, 1.82) is 0 Å². The SMILES string of the molecule is COc1cc(C(=O)NCC(=O)N(C)Cc2ccc(Cl)cc2)ccc1OC(F)F. The summed E-state index contributed by atoms with van der Waals surface area (Å²) in [5.41, 5.74) is 1.04. The molecule has 0 aliphatic rings.